The van der Waals surface area contributed by atoms with Crippen molar-refractivity contribution >= 4 is 25.2 Å². The number of hydrogen-bond acceptors (Lipinski definition) is 9. The molecule has 3 unspecified atom stereocenters. The maximum atomic E-state index is 12.1. The van der Waals surface area contributed by atoms with Crippen molar-refractivity contribution in [1.82, 2.24) is 19.5 Å². The number of aliphatic hydroxyl groups excluding tert-OH is 2. The fourth-order valence-electron chi connectivity index (χ4n) is 2.51. The van der Waals surface area contributed by atoms with Gasteiger partial charge in [-0.3, -0.25) is 0 Å². The van der Waals surface area contributed by atoms with Crippen molar-refractivity contribution < 1.29 is 28.9 Å². The molecule has 0 bridgehead atoms. The van der Waals surface area contributed by atoms with Gasteiger partial charge in [0, 0.05) is 4.57 Å². The summed E-state index contributed by atoms with van der Waals surface area (Å²) in [6.45, 7) is -0.588. The van der Waals surface area contributed by atoms with Crippen molar-refractivity contribution in [2.45, 2.75) is 24.5 Å². The lowest BCUT2D eigenvalue weighted by Crippen LogP contribution is -2.36. The first-order valence-corrected chi connectivity index (χ1v) is 7.55. The summed E-state index contributed by atoms with van der Waals surface area (Å²) in [6.07, 6.45) is -4.05. The Balaban J connectivity index is 2.06. The Labute approximate surface area is 128 Å². The van der Waals surface area contributed by atoms with Crippen LogP contribution in [0.4, 0.5) is 5.82 Å². The van der Waals surface area contributed by atoms with Gasteiger partial charge in [0.05, 0.1) is 6.61 Å². The number of anilines is 1. The molecule has 1 aliphatic heterocycles. The second-order valence-corrected chi connectivity index (χ2v) is 5.49. The van der Waals surface area contributed by atoms with E-state index in [1.54, 1.807) is 0 Å². The smallest absolute Gasteiger partial charge is 0.394 e. The van der Waals surface area contributed by atoms with Crippen LogP contribution in [-0.4, -0.2) is 59.5 Å². The highest BCUT2D eigenvalue weighted by molar-refractivity contribution is 7.32. The predicted molar refractivity (Wildman–Crippen MR) is 74.3 cm³/mol. The topological polar surface area (TPSA) is 186 Å². The van der Waals surface area contributed by atoms with Gasteiger partial charge in [0.1, 0.15) is 24.1 Å². The lowest BCUT2D eigenvalue weighted by molar-refractivity contribution is -0.0518. The van der Waals surface area contributed by atoms with E-state index in [0.29, 0.717) is 0 Å². The molecule has 1 fully saturated rings. The molecule has 1 saturated heterocycles. The van der Waals surface area contributed by atoms with Gasteiger partial charge in [0.25, 0.3) is 0 Å². The van der Waals surface area contributed by atoms with Crippen LogP contribution in [0.3, 0.4) is 0 Å². The number of ether oxygens (including phenoxy) is 1. The Morgan fingerprint density at radius 1 is 1.52 bits per heavy atom. The summed E-state index contributed by atoms with van der Waals surface area (Å²) >= 11 is 0. The summed E-state index contributed by atoms with van der Waals surface area (Å²) < 4.78 is 21.9. The standard InChI is InChI=1S/C10H12N5O7P/c11-7-4-8(13-2-12-7)15(10(18)14-4)9-5(17)6(22-23(19)20)3(1-16)21-9/h2-3,5-6,9,16-17H,1H2,(H3-,11,12,13,14,18,19,20)/p+1/t3-,5?,6?,9-/m1/s1. The van der Waals surface area contributed by atoms with Crippen molar-refractivity contribution in [3.05, 3.63) is 16.8 Å². The highest BCUT2D eigenvalue weighted by Gasteiger charge is 2.50. The molecule has 0 saturated carbocycles. The molecule has 124 valence electrons. The number of H-pyrrole nitrogens is 1. The Morgan fingerprint density at radius 3 is 2.91 bits per heavy atom. The Kier molecular flexibility index (Phi) is 4.10. The number of nitrogens with zero attached hydrogens (tertiary/aromatic N) is 3. The van der Waals surface area contributed by atoms with Crippen LogP contribution in [0.1, 0.15) is 6.23 Å². The third kappa shape index (κ3) is 2.61. The zero-order valence-corrected chi connectivity index (χ0v) is 12.3. The number of nitrogen functional groups attached to an aromatic ring is 1. The monoisotopic (exact) mass is 346 g/mol. The Hall–Kier alpha value is -1.95. The van der Waals surface area contributed by atoms with Crippen molar-refractivity contribution in [2.75, 3.05) is 12.3 Å². The molecule has 0 spiro atoms. The van der Waals surface area contributed by atoms with Gasteiger partial charge >= 0.3 is 13.9 Å². The summed E-state index contributed by atoms with van der Waals surface area (Å²) in [5, 5.41) is 19.6. The number of hydrogen-bond donors (Lipinski definition) is 5. The van der Waals surface area contributed by atoms with Crippen LogP contribution in [0, 0.1) is 0 Å². The minimum Gasteiger partial charge on any atom is -0.394 e. The fourth-order valence-corrected chi connectivity index (χ4v) is 2.97. The van der Waals surface area contributed by atoms with E-state index in [1.165, 1.54) is 0 Å². The molecular weight excluding hydrogens is 333 g/mol. The number of rotatable bonds is 4. The van der Waals surface area contributed by atoms with E-state index in [1.807, 2.05) is 0 Å². The normalized spacial score (nSPS) is 28.4. The lowest BCUT2D eigenvalue weighted by Gasteiger charge is -2.15. The zero-order valence-electron chi connectivity index (χ0n) is 11.4. The largest absolute Gasteiger partial charge is 0.695 e. The number of nitrogens with one attached hydrogen (secondary N) is 1. The Morgan fingerprint density at radius 2 is 2.26 bits per heavy atom. The molecule has 3 rings (SSSR count). The molecule has 1 aliphatic rings. The fraction of sp³-hybridized carbons (Fsp3) is 0.500. The number of aromatic nitrogens is 4. The number of aromatic amines is 1. The number of aliphatic hydroxyl groups is 2. The molecule has 5 atom stereocenters. The second-order valence-electron chi connectivity index (χ2n) is 4.80. The lowest BCUT2D eigenvalue weighted by atomic mass is 10.1. The van der Waals surface area contributed by atoms with Crippen molar-refractivity contribution in [3.8, 4) is 0 Å². The van der Waals surface area contributed by atoms with E-state index < -0.39 is 45.1 Å². The van der Waals surface area contributed by atoms with E-state index in [0.717, 1.165) is 10.9 Å². The minimum absolute atomic E-state index is 0.0308. The summed E-state index contributed by atoms with van der Waals surface area (Å²) in [6, 6.07) is 0. The van der Waals surface area contributed by atoms with Crippen LogP contribution >= 0.6 is 8.25 Å². The van der Waals surface area contributed by atoms with Gasteiger partial charge in [-0.2, -0.15) is 0 Å². The third-order valence-corrected chi connectivity index (χ3v) is 3.92. The molecule has 3 heterocycles. The van der Waals surface area contributed by atoms with Crippen molar-refractivity contribution in [1.29, 1.82) is 0 Å². The van der Waals surface area contributed by atoms with Gasteiger partial charge in [0.15, 0.2) is 23.8 Å². The van der Waals surface area contributed by atoms with E-state index in [9.17, 15) is 19.6 Å². The van der Waals surface area contributed by atoms with Gasteiger partial charge in [-0.05, 0) is 0 Å². The maximum absolute atomic E-state index is 12.1. The molecule has 2 aromatic heterocycles. The van der Waals surface area contributed by atoms with E-state index in [2.05, 4.69) is 19.5 Å². The van der Waals surface area contributed by atoms with Crippen LogP contribution in [0.15, 0.2) is 11.1 Å². The number of imidazole rings is 1. The van der Waals surface area contributed by atoms with Gasteiger partial charge in [-0.25, -0.2) is 19.3 Å². The molecule has 0 aliphatic carbocycles. The average molecular weight is 346 g/mol. The van der Waals surface area contributed by atoms with E-state index in [4.69, 9.17) is 15.4 Å². The van der Waals surface area contributed by atoms with Crippen LogP contribution in [0.25, 0.3) is 11.2 Å². The molecular formula is C10H13N5O7P+. The highest BCUT2D eigenvalue weighted by atomic mass is 31.1. The first-order chi connectivity index (χ1) is 10.9. The third-order valence-electron chi connectivity index (χ3n) is 3.49. The molecule has 2 aromatic rings. The van der Waals surface area contributed by atoms with Crippen LogP contribution in [-0.2, 0) is 13.8 Å². The maximum Gasteiger partial charge on any atom is 0.695 e. The Bertz CT molecular complexity index is 806. The number of fused-ring (bicyclic) bond motifs is 1. The summed E-state index contributed by atoms with van der Waals surface area (Å²) in [4.78, 5) is 31.1. The molecule has 13 heteroatoms. The van der Waals surface area contributed by atoms with Crippen LogP contribution in [0.2, 0.25) is 0 Å². The second kappa shape index (κ2) is 5.92. The predicted octanol–water partition coefficient (Wildman–Crippen LogP) is -2.01. The first kappa shape index (κ1) is 15.9. The SMILES string of the molecule is Nc1ncnc2c1[nH]c(=O)n2[C@@H]1O[C@H](CO)C(O[P+](=O)O)C1O. The quantitative estimate of drug-likeness (QED) is 0.387. The van der Waals surface area contributed by atoms with Gasteiger partial charge in [-0.15, -0.1) is 9.42 Å². The van der Waals surface area contributed by atoms with Gasteiger partial charge in [-0.1, -0.05) is 0 Å². The van der Waals surface area contributed by atoms with Crippen LogP contribution < -0.4 is 11.4 Å². The molecule has 0 aromatic carbocycles. The average Bonchev–Trinajstić information content (AvgIpc) is 2.98. The highest BCUT2D eigenvalue weighted by Crippen LogP contribution is 2.36. The first-order valence-electron chi connectivity index (χ1n) is 6.42. The molecule has 6 N–H and O–H groups in total. The minimum atomic E-state index is -3.04. The number of nitrogens with two attached hydrogens (primary N) is 1. The van der Waals surface area contributed by atoms with Gasteiger partial charge in [0.2, 0.25) is 0 Å². The molecule has 23 heavy (non-hydrogen) atoms. The van der Waals surface area contributed by atoms with Crippen molar-refractivity contribution in [3.63, 3.8) is 0 Å². The van der Waals surface area contributed by atoms with Crippen molar-refractivity contribution in [2.24, 2.45) is 0 Å². The van der Waals surface area contributed by atoms with E-state index in [-0.39, 0.29) is 17.0 Å². The van der Waals surface area contributed by atoms with E-state index >= 15 is 0 Å². The molecule has 0 amide bonds. The van der Waals surface area contributed by atoms with Crippen LogP contribution in [0.5, 0.6) is 0 Å². The molecule has 0 radical (unpaired) electrons. The summed E-state index contributed by atoms with van der Waals surface area (Å²) in [7, 11) is -3.04. The summed E-state index contributed by atoms with van der Waals surface area (Å²) in [5.74, 6) is 0.0308. The summed E-state index contributed by atoms with van der Waals surface area (Å²) in [5.41, 5.74) is 5.20. The molecule has 12 nitrogen and oxygen atoms in total. The van der Waals surface area contributed by atoms with Gasteiger partial charge < -0.3 is 25.7 Å². The zero-order chi connectivity index (χ0) is 16.7.